The third-order valence-electron chi connectivity index (χ3n) is 8.74. The van der Waals surface area contributed by atoms with Crippen molar-refractivity contribution in [2.75, 3.05) is 45.9 Å². The van der Waals surface area contributed by atoms with E-state index in [0.717, 1.165) is 70.3 Å². The van der Waals surface area contributed by atoms with Gasteiger partial charge in [-0.15, -0.1) is 0 Å². The van der Waals surface area contributed by atoms with E-state index in [-0.39, 0.29) is 11.8 Å². The van der Waals surface area contributed by atoms with Crippen LogP contribution in [-0.4, -0.2) is 84.1 Å². The standard InChI is InChI=1S/C29H42FN3O3/c30-29(14-15-29)28(35)33-16-4-3-7-24(8-5-18-33)31-19-12-23(13-20-31)25-9-1-2-10-26(25)36-22-21-32-17-6-11-27(32)34/h1-2,9-10,23-24H,3-8,11-22H2/t24-/m1/s1. The smallest absolute Gasteiger partial charge is 0.260 e. The van der Waals surface area contributed by atoms with Gasteiger partial charge >= 0.3 is 0 Å². The van der Waals surface area contributed by atoms with E-state index in [2.05, 4.69) is 23.1 Å². The van der Waals surface area contributed by atoms with Crippen molar-refractivity contribution in [1.82, 2.24) is 14.7 Å². The topological polar surface area (TPSA) is 53.1 Å². The Bertz CT molecular complexity index is 913. The van der Waals surface area contributed by atoms with Gasteiger partial charge < -0.3 is 19.4 Å². The molecule has 0 bridgehead atoms. The molecular weight excluding hydrogens is 457 g/mol. The zero-order valence-electron chi connectivity index (χ0n) is 21.6. The first-order chi connectivity index (χ1) is 17.5. The van der Waals surface area contributed by atoms with Gasteiger partial charge in [-0.2, -0.15) is 0 Å². The molecule has 2 amide bonds. The second-order valence-electron chi connectivity index (χ2n) is 11.2. The highest BCUT2D eigenvalue weighted by atomic mass is 19.1. The van der Waals surface area contributed by atoms with Gasteiger partial charge in [0.2, 0.25) is 5.91 Å². The quantitative estimate of drug-likeness (QED) is 0.553. The Labute approximate surface area is 215 Å². The van der Waals surface area contributed by atoms with Gasteiger partial charge in [-0.3, -0.25) is 9.59 Å². The molecule has 5 rings (SSSR count). The Balaban J connectivity index is 1.10. The number of benzene rings is 1. The van der Waals surface area contributed by atoms with Gasteiger partial charge in [0.15, 0.2) is 5.67 Å². The molecule has 4 fully saturated rings. The number of rotatable bonds is 7. The molecule has 36 heavy (non-hydrogen) atoms. The van der Waals surface area contributed by atoms with Crippen molar-refractivity contribution >= 4 is 11.8 Å². The summed E-state index contributed by atoms with van der Waals surface area (Å²) in [5.41, 5.74) is -0.241. The third kappa shape index (κ3) is 6.04. The number of likely N-dealkylation sites (tertiary alicyclic amines) is 2. The summed E-state index contributed by atoms with van der Waals surface area (Å²) in [6.45, 7) is 5.65. The van der Waals surface area contributed by atoms with Crippen molar-refractivity contribution in [2.24, 2.45) is 0 Å². The molecule has 0 N–H and O–H groups in total. The second kappa shape index (κ2) is 11.5. The highest BCUT2D eigenvalue weighted by Crippen LogP contribution is 2.42. The van der Waals surface area contributed by atoms with Crippen LogP contribution in [0.3, 0.4) is 0 Å². The fraction of sp³-hybridized carbons (Fsp3) is 0.724. The van der Waals surface area contributed by atoms with E-state index in [1.807, 2.05) is 11.0 Å². The van der Waals surface area contributed by atoms with Gasteiger partial charge in [-0.25, -0.2) is 4.39 Å². The lowest BCUT2D eigenvalue weighted by Gasteiger charge is -2.38. The molecule has 6 nitrogen and oxygen atoms in total. The average Bonchev–Trinajstić information content (AvgIpc) is 3.49. The number of ether oxygens (including phenoxy) is 1. The number of amides is 2. The van der Waals surface area contributed by atoms with E-state index in [9.17, 15) is 14.0 Å². The minimum Gasteiger partial charge on any atom is -0.491 e. The van der Waals surface area contributed by atoms with Crippen LogP contribution in [0.4, 0.5) is 4.39 Å². The Morgan fingerprint density at radius 3 is 2.44 bits per heavy atom. The zero-order valence-corrected chi connectivity index (χ0v) is 21.6. The van der Waals surface area contributed by atoms with E-state index in [0.29, 0.717) is 57.5 Å². The van der Waals surface area contributed by atoms with Crippen LogP contribution >= 0.6 is 0 Å². The summed E-state index contributed by atoms with van der Waals surface area (Å²) in [6, 6.07) is 8.98. The maximum absolute atomic E-state index is 14.3. The minimum absolute atomic E-state index is 0.248. The number of alkyl halides is 1. The number of carbonyl (C=O) groups excluding carboxylic acids is 2. The Kier molecular flexibility index (Phi) is 8.14. The van der Waals surface area contributed by atoms with Crippen molar-refractivity contribution in [3.05, 3.63) is 29.8 Å². The SMILES string of the molecule is O=C1CCCN1CCOc1ccccc1C1CCN([C@@H]2CCCCN(C(=O)C3(F)CC3)CCC2)CC1. The van der Waals surface area contributed by atoms with Crippen LogP contribution in [0.5, 0.6) is 5.75 Å². The Morgan fingerprint density at radius 2 is 1.69 bits per heavy atom. The monoisotopic (exact) mass is 499 g/mol. The van der Waals surface area contributed by atoms with Crippen LogP contribution in [0.1, 0.15) is 82.1 Å². The highest BCUT2D eigenvalue weighted by molar-refractivity contribution is 5.88. The molecule has 3 aliphatic heterocycles. The second-order valence-corrected chi connectivity index (χ2v) is 11.2. The molecule has 1 atom stereocenters. The number of piperidine rings is 1. The summed E-state index contributed by atoms with van der Waals surface area (Å²) >= 11 is 0. The summed E-state index contributed by atoms with van der Waals surface area (Å²) in [5, 5.41) is 0. The van der Waals surface area contributed by atoms with Gasteiger partial charge in [0, 0.05) is 32.1 Å². The predicted molar refractivity (Wildman–Crippen MR) is 138 cm³/mol. The van der Waals surface area contributed by atoms with E-state index in [4.69, 9.17) is 4.74 Å². The molecule has 0 unspecified atom stereocenters. The fourth-order valence-electron chi connectivity index (χ4n) is 6.36. The first-order valence-corrected chi connectivity index (χ1v) is 14.3. The minimum atomic E-state index is -1.54. The van der Waals surface area contributed by atoms with E-state index < -0.39 is 5.67 Å². The fourth-order valence-corrected chi connectivity index (χ4v) is 6.36. The van der Waals surface area contributed by atoms with Gasteiger partial charge in [0.1, 0.15) is 12.4 Å². The first-order valence-electron chi connectivity index (χ1n) is 14.3. The van der Waals surface area contributed by atoms with Crippen LogP contribution in [0.2, 0.25) is 0 Å². The van der Waals surface area contributed by atoms with Crippen molar-refractivity contribution in [1.29, 1.82) is 0 Å². The van der Waals surface area contributed by atoms with Gasteiger partial charge in [-0.1, -0.05) is 24.6 Å². The molecule has 4 aliphatic rings. The maximum Gasteiger partial charge on any atom is 0.260 e. The lowest BCUT2D eigenvalue weighted by molar-refractivity contribution is -0.138. The summed E-state index contributed by atoms with van der Waals surface area (Å²) in [5.74, 6) is 1.46. The van der Waals surface area contributed by atoms with Gasteiger partial charge in [-0.05, 0) is 88.4 Å². The molecule has 3 heterocycles. The normalized spacial score (nSPS) is 25.8. The molecule has 1 aromatic rings. The van der Waals surface area contributed by atoms with Crippen LogP contribution in [0, 0.1) is 0 Å². The Morgan fingerprint density at radius 1 is 0.944 bits per heavy atom. The average molecular weight is 500 g/mol. The highest BCUT2D eigenvalue weighted by Gasteiger charge is 2.52. The summed E-state index contributed by atoms with van der Waals surface area (Å²) in [4.78, 5) is 30.8. The number of para-hydroxylation sites is 1. The predicted octanol–water partition coefficient (Wildman–Crippen LogP) is 4.53. The number of hydrogen-bond acceptors (Lipinski definition) is 4. The molecule has 7 heteroatoms. The molecule has 198 valence electrons. The van der Waals surface area contributed by atoms with Crippen LogP contribution in [0.15, 0.2) is 24.3 Å². The largest absolute Gasteiger partial charge is 0.491 e. The number of hydrogen-bond donors (Lipinski definition) is 0. The zero-order chi connectivity index (χ0) is 25.0. The molecule has 0 radical (unpaired) electrons. The molecule has 3 saturated heterocycles. The van der Waals surface area contributed by atoms with E-state index >= 15 is 0 Å². The summed E-state index contributed by atoms with van der Waals surface area (Å²) in [7, 11) is 0. The van der Waals surface area contributed by atoms with Crippen molar-refractivity contribution in [2.45, 2.75) is 88.3 Å². The molecule has 1 aromatic carbocycles. The van der Waals surface area contributed by atoms with Crippen LogP contribution < -0.4 is 4.74 Å². The van der Waals surface area contributed by atoms with Gasteiger partial charge in [0.25, 0.3) is 5.91 Å². The van der Waals surface area contributed by atoms with Crippen molar-refractivity contribution in [3.63, 3.8) is 0 Å². The maximum atomic E-state index is 14.3. The van der Waals surface area contributed by atoms with Crippen molar-refractivity contribution in [3.8, 4) is 5.75 Å². The van der Waals surface area contributed by atoms with E-state index in [1.54, 1.807) is 4.90 Å². The first kappa shape index (κ1) is 25.5. The number of carbonyl (C=O) groups is 2. The van der Waals surface area contributed by atoms with Gasteiger partial charge in [0.05, 0.1) is 6.54 Å². The molecule has 0 aromatic heterocycles. The van der Waals surface area contributed by atoms with Crippen LogP contribution in [0.25, 0.3) is 0 Å². The van der Waals surface area contributed by atoms with Crippen LogP contribution in [-0.2, 0) is 9.59 Å². The number of nitrogens with zero attached hydrogens (tertiary/aromatic N) is 3. The molecule has 1 saturated carbocycles. The summed E-state index contributed by atoms with van der Waals surface area (Å²) < 4.78 is 20.5. The van der Waals surface area contributed by atoms with Crippen molar-refractivity contribution < 1.29 is 18.7 Å². The molecular formula is C29H42FN3O3. The molecule has 1 aliphatic carbocycles. The van der Waals surface area contributed by atoms with E-state index in [1.165, 1.54) is 12.0 Å². The lowest BCUT2D eigenvalue weighted by atomic mass is 9.87. The lowest BCUT2D eigenvalue weighted by Crippen LogP contribution is -2.41. The third-order valence-corrected chi connectivity index (χ3v) is 8.74. The number of halogens is 1. The summed E-state index contributed by atoms with van der Waals surface area (Å²) in [6.07, 6.45) is 9.99. The Hall–Kier alpha value is -2.15. The molecule has 0 spiro atoms.